The third-order valence-electron chi connectivity index (χ3n) is 2.52. The van der Waals surface area contributed by atoms with Gasteiger partial charge in [-0.25, -0.2) is 0 Å². The Bertz CT molecular complexity index is 566. The zero-order valence-corrected chi connectivity index (χ0v) is 12.1. The molecule has 0 spiro atoms. The monoisotopic (exact) mass is 317 g/mol. The summed E-state index contributed by atoms with van der Waals surface area (Å²) in [4.78, 5) is 0. The topological polar surface area (TPSA) is 35.3 Å². The van der Waals surface area contributed by atoms with Gasteiger partial charge in [0.15, 0.2) is 6.61 Å². The van der Waals surface area contributed by atoms with Gasteiger partial charge in [0.25, 0.3) is 0 Å². The van der Waals surface area contributed by atoms with E-state index in [0.717, 1.165) is 28.5 Å². The first-order chi connectivity index (χ1) is 9.92. The average molecular weight is 317 g/mol. The van der Waals surface area contributed by atoms with E-state index in [-0.39, 0.29) is 5.75 Å². The molecule has 0 saturated carbocycles. The smallest absolute Gasteiger partial charge is 0.422 e. The van der Waals surface area contributed by atoms with Crippen LogP contribution in [0, 0.1) is 6.92 Å². The van der Waals surface area contributed by atoms with E-state index >= 15 is 0 Å². The fraction of sp³-hybridized carbons (Fsp3) is 0.357. The molecule has 0 aliphatic heterocycles. The Morgan fingerprint density at radius 1 is 1.19 bits per heavy atom. The van der Waals surface area contributed by atoms with Gasteiger partial charge < -0.3 is 9.26 Å². The van der Waals surface area contributed by atoms with Gasteiger partial charge in [-0.15, -0.1) is 0 Å². The van der Waals surface area contributed by atoms with Crippen molar-refractivity contribution in [2.45, 2.75) is 24.6 Å². The van der Waals surface area contributed by atoms with Gasteiger partial charge in [-0.3, -0.25) is 0 Å². The molecule has 0 amide bonds. The van der Waals surface area contributed by atoms with Crippen molar-refractivity contribution in [2.24, 2.45) is 0 Å². The molecule has 21 heavy (non-hydrogen) atoms. The van der Waals surface area contributed by atoms with E-state index in [4.69, 9.17) is 4.52 Å². The van der Waals surface area contributed by atoms with Crippen molar-refractivity contribution in [2.75, 3.05) is 6.61 Å². The van der Waals surface area contributed by atoms with Crippen molar-refractivity contribution in [3.63, 3.8) is 0 Å². The minimum absolute atomic E-state index is 0.216. The molecule has 0 N–H and O–H groups in total. The summed E-state index contributed by atoms with van der Waals surface area (Å²) in [6, 6.07) is 8.48. The molecule has 1 heterocycles. The second-order valence-corrected chi connectivity index (χ2v) is 5.46. The Morgan fingerprint density at radius 3 is 2.48 bits per heavy atom. The molecule has 0 bridgehead atoms. The maximum atomic E-state index is 12.0. The molecule has 7 heteroatoms. The van der Waals surface area contributed by atoms with Gasteiger partial charge in [-0.1, -0.05) is 17.3 Å². The highest BCUT2D eigenvalue weighted by molar-refractivity contribution is 7.97. The number of ether oxygens (including phenoxy) is 1. The lowest BCUT2D eigenvalue weighted by Gasteiger charge is -2.09. The number of halogens is 3. The number of hydrogen-bond donors (Lipinski definition) is 0. The first kappa shape index (κ1) is 15.8. The minimum Gasteiger partial charge on any atom is -0.484 e. The van der Waals surface area contributed by atoms with Crippen molar-refractivity contribution in [3.8, 4) is 5.75 Å². The van der Waals surface area contributed by atoms with Crippen LogP contribution in [-0.2, 0) is 11.5 Å². The maximum absolute atomic E-state index is 12.0. The summed E-state index contributed by atoms with van der Waals surface area (Å²) < 4.78 is 45.6. The zero-order valence-electron chi connectivity index (χ0n) is 11.3. The summed E-state index contributed by atoms with van der Waals surface area (Å²) in [5, 5.41) is 3.89. The predicted octanol–water partition coefficient (Wildman–Crippen LogP) is 4.36. The van der Waals surface area contributed by atoms with E-state index in [1.807, 2.05) is 13.0 Å². The molecule has 2 aromatic rings. The average Bonchev–Trinajstić information content (AvgIpc) is 2.83. The molecule has 0 atom stereocenters. The molecule has 114 valence electrons. The molecule has 3 nitrogen and oxygen atoms in total. The van der Waals surface area contributed by atoms with Gasteiger partial charge in [-0.05, 0) is 24.6 Å². The number of aryl methyl sites for hydroxylation is 1. The van der Waals surface area contributed by atoms with Gasteiger partial charge in [0.2, 0.25) is 0 Å². The van der Waals surface area contributed by atoms with Crippen molar-refractivity contribution < 1.29 is 22.4 Å². The van der Waals surface area contributed by atoms with Crippen molar-refractivity contribution in [3.05, 3.63) is 47.3 Å². The number of thioether (sulfide) groups is 1. The summed E-state index contributed by atoms with van der Waals surface area (Å²) in [6.07, 6.45) is -4.32. The number of benzene rings is 1. The van der Waals surface area contributed by atoms with E-state index in [1.54, 1.807) is 36.0 Å². The summed E-state index contributed by atoms with van der Waals surface area (Å²) in [5.41, 5.74) is 1.89. The Kier molecular flexibility index (Phi) is 5.17. The van der Waals surface area contributed by atoms with Crippen molar-refractivity contribution in [1.82, 2.24) is 5.16 Å². The summed E-state index contributed by atoms with van der Waals surface area (Å²) in [7, 11) is 0. The second kappa shape index (κ2) is 6.89. The number of hydrogen-bond acceptors (Lipinski definition) is 4. The van der Waals surface area contributed by atoms with Crippen molar-refractivity contribution >= 4 is 11.8 Å². The van der Waals surface area contributed by atoms with Crippen LogP contribution in [0.3, 0.4) is 0 Å². The fourth-order valence-electron chi connectivity index (χ4n) is 1.61. The van der Waals surface area contributed by atoms with Crippen LogP contribution in [0.4, 0.5) is 13.2 Å². The molecule has 1 aromatic carbocycles. The molecular weight excluding hydrogens is 303 g/mol. The van der Waals surface area contributed by atoms with Gasteiger partial charge in [0.05, 0.1) is 5.69 Å². The molecule has 0 unspecified atom stereocenters. The lowest BCUT2D eigenvalue weighted by Crippen LogP contribution is -2.19. The number of rotatable bonds is 6. The highest BCUT2D eigenvalue weighted by atomic mass is 32.2. The largest absolute Gasteiger partial charge is 0.484 e. The molecular formula is C14H14F3NO2S. The summed E-state index contributed by atoms with van der Waals surface area (Å²) in [5.74, 6) is 2.46. The summed E-state index contributed by atoms with van der Waals surface area (Å²) in [6.45, 7) is 0.563. The van der Waals surface area contributed by atoms with Crippen LogP contribution in [0.5, 0.6) is 5.75 Å². The Labute approximate surface area is 124 Å². The third-order valence-corrected chi connectivity index (χ3v) is 3.56. The van der Waals surface area contributed by atoms with Gasteiger partial charge in [0.1, 0.15) is 11.5 Å². The normalized spacial score (nSPS) is 11.6. The van der Waals surface area contributed by atoms with Gasteiger partial charge >= 0.3 is 6.18 Å². The standard InChI is InChI=1S/C14H14F3NO2S/c1-10-6-12(18-20-10)8-21-7-11-2-4-13(5-3-11)19-9-14(15,16)17/h2-6H,7-9H2,1H3. The second-order valence-electron chi connectivity index (χ2n) is 4.47. The Morgan fingerprint density at radius 2 is 1.90 bits per heavy atom. The maximum Gasteiger partial charge on any atom is 0.422 e. The van der Waals surface area contributed by atoms with Crippen molar-refractivity contribution in [1.29, 1.82) is 0 Å². The van der Waals surface area contributed by atoms with Crippen LogP contribution in [0.25, 0.3) is 0 Å². The van der Waals surface area contributed by atoms with E-state index in [0.29, 0.717) is 0 Å². The van der Waals surface area contributed by atoms with Crippen LogP contribution in [-0.4, -0.2) is 17.9 Å². The molecule has 1 aromatic heterocycles. The fourth-order valence-corrected chi connectivity index (χ4v) is 2.48. The SMILES string of the molecule is Cc1cc(CSCc2ccc(OCC(F)(F)F)cc2)no1. The predicted molar refractivity (Wildman–Crippen MR) is 74.2 cm³/mol. The van der Waals surface area contributed by atoms with E-state index < -0.39 is 12.8 Å². The third kappa shape index (κ3) is 5.71. The molecule has 0 radical (unpaired) electrons. The lowest BCUT2D eigenvalue weighted by atomic mass is 10.2. The molecule has 0 saturated heterocycles. The van der Waals surface area contributed by atoms with Crippen LogP contribution < -0.4 is 4.74 Å². The van der Waals surface area contributed by atoms with Crippen LogP contribution >= 0.6 is 11.8 Å². The molecule has 2 rings (SSSR count). The Balaban J connectivity index is 1.77. The Hall–Kier alpha value is -1.63. The lowest BCUT2D eigenvalue weighted by molar-refractivity contribution is -0.153. The molecule has 0 fully saturated rings. The van der Waals surface area contributed by atoms with Crippen LogP contribution in [0.1, 0.15) is 17.0 Å². The van der Waals surface area contributed by atoms with Gasteiger partial charge in [-0.2, -0.15) is 24.9 Å². The molecule has 0 aliphatic rings. The first-order valence-electron chi connectivity index (χ1n) is 6.21. The van der Waals surface area contributed by atoms with Crippen LogP contribution in [0.2, 0.25) is 0 Å². The van der Waals surface area contributed by atoms with E-state index in [1.165, 1.54) is 0 Å². The molecule has 0 aliphatic carbocycles. The zero-order chi connectivity index (χ0) is 15.3. The quantitative estimate of drug-likeness (QED) is 0.793. The van der Waals surface area contributed by atoms with E-state index in [2.05, 4.69) is 9.89 Å². The van der Waals surface area contributed by atoms with Gasteiger partial charge in [0, 0.05) is 17.6 Å². The number of alkyl halides is 3. The highest BCUT2D eigenvalue weighted by Gasteiger charge is 2.28. The van der Waals surface area contributed by atoms with E-state index in [9.17, 15) is 13.2 Å². The van der Waals surface area contributed by atoms with Crippen LogP contribution in [0.15, 0.2) is 34.9 Å². The number of aromatic nitrogens is 1. The highest BCUT2D eigenvalue weighted by Crippen LogP contribution is 2.22. The summed E-state index contributed by atoms with van der Waals surface area (Å²) >= 11 is 1.65. The minimum atomic E-state index is -4.32. The first-order valence-corrected chi connectivity index (χ1v) is 7.36. The number of nitrogens with zero attached hydrogens (tertiary/aromatic N) is 1.